The molecule has 0 N–H and O–H groups in total. The van der Waals surface area contributed by atoms with Crippen molar-refractivity contribution in [3.63, 3.8) is 0 Å². The monoisotopic (exact) mass is 278 g/mol. The maximum atomic E-state index is 5.99. The van der Waals surface area contributed by atoms with Crippen molar-refractivity contribution in [2.45, 2.75) is 70.0 Å². The van der Waals surface area contributed by atoms with E-state index in [1.807, 2.05) is 37.4 Å². The molecule has 2 atom stereocenters. The van der Waals surface area contributed by atoms with Crippen LogP contribution in [0.25, 0.3) is 0 Å². The highest BCUT2D eigenvalue weighted by Crippen LogP contribution is 2.33. The number of rotatable bonds is 6. The molecule has 1 rings (SSSR count). The van der Waals surface area contributed by atoms with E-state index < -0.39 is 5.79 Å². The lowest BCUT2D eigenvalue weighted by Crippen LogP contribution is -2.28. The van der Waals surface area contributed by atoms with Gasteiger partial charge in [0.2, 0.25) is 0 Å². The minimum absolute atomic E-state index is 0.239. The summed E-state index contributed by atoms with van der Waals surface area (Å²) in [6, 6.07) is 0. The Kier molecular flexibility index (Phi) is 6.17. The Morgan fingerprint density at radius 3 is 1.53 bits per heavy atom. The fraction of sp³-hybridized carbons (Fsp3) is 1.00. The lowest BCUT2D eigenvalue weighted by atomic mass is 10.3. The predicted octanol–water partition coefficient (Wildman–Crippen LogP) is 3.79. The van der Waals surface area contributed by atoms with Gasteiger partial charge in [0.15, 0.2) is 5.79 Å². The maximum absolute atomic E-state index is 5.99. The molecule has 17 heavy (non-hydrogen) atoms. The van der Waals surface area contributed by atoms with E-state index in [1.54, 1.807) is 0 Å². The molecule has 1 saturated heterocycles. The van der Waals surface area contributed by atoms with Crippen LogP contribution in [0, 0.1) is 0 Å². The third kappa shape index (κ3) is 5.86. The van der Waals surface area contributed by atoms with E-state index in [1.165, 1.54) is 0 Å². The quantitative estimate of drug-likeness (QED) is 0.735. The van der Waals surface area contributed by atoms with Gasteiger partial charge in [-0.1, -0.05) is 27.7 Å². The third-order valence-electron chi connectivity index (χ3n) is 2.47. The number of hydrogen-bond acceptors (Lipinski definition) is 4. The van der Waals surface area contributed by atoms with Crippen molar-refractivity contribution in [2.75, 3.05) is 11.5 Å². The molecule has 2 nitrogen and oxygen atoms in total. The molecular weight excluding hydrogens is 252 g/mol. The van der Waals surface area contributed by atoms with E-state index in [2.05, 4.69) is 27.7 Å². The smallest absolute Gasteiger partial charge is 0.163 e. The molecule has 0 aromatic heterocycles. The molecule has 1 fully saturated rings. The molecule has 0 spiro atoms. The van der Waals surface area contributed by atoms with E-state index in [0.29, 0.717) is 10.5 Å². The first kappa shape index (κ1) is 15.7. The average molecular weight is 278 g/mol. The first-order chi connectivity index (χ1) is 7.80. The number of thioether (sulfide) groups is 2. The summed E-state index contributed by atoms with van der Waals surface area (Å²) in [5, 5.41) is 1.31. The molecule has 0 aliphatic carbocycles. The van der Waals surface area contributed by atoms with Gasteiger partial charge < -0.3 is 9.47 Å². The summed E-state index contributed by atoms with van der Waals surface area (Å²) in [6.45, 7) is 12.9. The zero-order valence-electron chi connectivity index (χ0n) is 11.9. The maximum Gasteiger partial charge on any atom is 0.163 e. The standard InChI is InChI=1S/C13H26O2S2/c1-9(2)16-7-11-12(8-17-10(3)4)15-13(5,6)14-11/h9-12H,7-8H2,1-6H3/t11-,12-/m0/s1. The first-order valence-electron chi connectivity index (χ1n) is 6.39. The van der Waals surface area contributed by atoms with Gasteiger partial charge in [-0.2, -0.15) is 23.5 Å². The highest BCUT2D eigenvalue weighted by molar-refractivity contribution is 8.00. The van der Waals surface area contributed by atoms with E-state index >= 15 is 0 Å². The molecule has 0 radical (unpaired) electrons. The minimum atomic E-state index is -0.412. The molecule has 0 aromatic rings. The van der Waals surface area contributed by atoms with Crippen molar-refractivity contribution in [1.29, 1.82) is 0 Å². The Hall–Kier alpha value is 0.620. The van der Waals surface area contributed by atoms with Gasteiger partial charge in [-0.15, -0.1) is 0 Å². The number of ether oxygens (including phenoxy) is 2. The minimum Gasteiger partial charge on any atom is -0.344 e. The largest absolute Gasteiger partial charge is 0.344 e. The van der Waals surface area contributed by atoms with Crippen LogP contribution >= 0.6 is 23.5 Å². The Balaban J connectivity index is 2.46. The third-order valence-corrected chi connectivity index (χ3v) is 4.85. The van der Waals surface area contributed by atoms with Crippen LogP contribution in [-0.2, 0) is 9.47 Å². The van der Waals surface area contributed by atoms with Gasteiger partial charge in [-0.25, -0.2) is 0 Å². The molecular formula is C13H26O2S2. The molecule has 0 aromatic carbocycles. The van der Waals surface area contributed by atoms with Crippen molar-refractivity contribution in [3.8, 4) is 0 Å². The van der Waals surface area contributed by atoms with Gasteiger partial charge in [0, 0.05) is 11.5 Å². The van der Waals surface area contributed by atoms with Crippen LogP contribution in [0.5, 0.6) is 0 Å². The lowest BCUT2D eigenvalue weighted by molar-refractivity contribution is -0.142. The van der Waals surface area contributed by atoms with Crippen LogP contribution in [0.4, 0.5) is 0 Å². The fourth-order valence-corrected chi connectivity index (χ4v) is 3.48. The second-order valence-corrected chi connectivity index (χ2v) is 8.70. The summed E-state index contributed by atoms with van der Waals surface area (Å²) in [7, 11) is 0. The molecule has 1 aliphatic heterocycles. The van der Waals surface area contributed by atoms with Gasteiger partial charge in [0.1, 0.15) is 0 Å². The van der Waals surface area contributed by atoms with Crippen LogP contribution < -0.4 is 0 Å². The average Bonchev–Trinajstić information content (AvgIpc) is 2.47. The van der Waals surface area contributed by atoms with Crippen molar-refractivity contribution in [3.05, 3.63) is 0 Å². The second-order valence-electron chi connectivity index (χ2n) is 5.48. The molecule has 0 bridgehead atoms. The van der Waals surface area contributed by atoms with Gasteiger partial charge in [-0.05, 0) is 24.3 Å². The van der Waals surface area contributed by atoms with Crippen molar-refractivity contribution in [2.24, 2.45) is 0 Å². The molecule has 1 aliphatic rings. The summed E-state index contributed by atoms with van der Waals surface area (Å²) < 4.78 is 12.0. The summed E-state index contributed by atoms with van der Waals surface area (Å²) in [5.74, 6) is 1.65. The van der Waals surface area contributed by atoms with Gasteiger partial charge in [0.05, 0.1) is 12.2 Å². The highest BCUT2D eigenvalue weighted by atomic mass is 32.2. The summed E-state index contributed by atoms with van der Waals surface area (Å²) in [5.41, 5.74) is 0. The normalized spacial score (nSPS) is 28.2. The molecule has 102 valence electrons. The molecule has 0 saturated carbocycles. The summed E-state index contributed by atoms with van der Waals surface area (Å²) in [4.78, 5) is 0. The number of hydrogen-bond donors (Lipinski definition) is 0. The van der Waals surface area contributed by atoms with Gasteiger partial charge >= 0.3 is 0 Å². The van der Waals surface area contributed by atoms with Crippen molar-refractivity contribution >= 4 is 23.5 Å². The van der Waals surface area contributed by atoms with E-state index in [4.69, 9.17) is 9.47 Å². The van der Waals surface area contributed by atoms with Crippen LogP contribution in [0.15, 0.2) is 0 Å². The summed E-state index contributed by atoms with van der Waals surface area (Å²) >= 11 is 3.91. The molecule has 0 unspecified atom stereocenters. The van der Waals surface area contributed by atoms with E-state index in [-0.39, 0.29) is 12.2 Å². The highest BCUT2D eigenvalue weighted by Gasteiger charge is 2.40. The van der Waals surface area contributed by atoms with Crippen molar-refractivity contribution < 1.29 is 9.47 Å². The SMILES string of the molecule is CC(C)SC[C@@H]1OC(C)(C)O[C@H]1CSC(C)C. The first-order valence-corrected chi connectivity index (χ1v) is 8.49. The Morgan fingerprint density at radius 1 is 0.882 bits per heavy atom. The van der Waals surface area contributed by atoms with E-state index in [0.717, 1.165) is 11.5 Å². The van der Waals surface area contributed by atoms with Gasteiger partial charge in [-0.3, -0.25) is 0 Å². The Bertz CT molecular complexity index is 207. The lowest BCUT2D eigenvalue weighted by Gasteiger charge is -2.18. The van der Waals surface area contributed by atoms with E-state index in [9.17, 15) is 0 Å². The fourth-order valence-electron chi connectivity index (χ4n) is 1.77. The Labute approximate surface area is 115 Å². The van der Waals surface area contributed by atoms with Crippen molar-refractivity contribution in [1.82, 2.24) is 0 Å². The zero-order valence-corrected chi connectivity index (χ0v) is 13.5. The molecule has 1 heterocycles. The van der Waals surface area contributed by atoms with Gasteiger partial charge in [0.25, 0.3) is 0 Å². The van der Waals surface area contributed by atoms with Crippen LogP contribution in [0.3, 0.4) is 0 Å². The molecule has 4 heteroatoms. The zero-order chi connectivity index (χ0) is 13.1. The molecule has 0 amide bonds. The summed E-state index contributed by atoms with van der Waals surface area (Å²) in [6.07, 6.45) is 0.479. The van der Waals surface area contributed by atoms with Crippen LogP contribution in [0.2, 0.25) is 0 Å². The second kappa shape index (κ2) is 6.69. The predicted molar refractivity (Wildman–Crippen MR) is 79.0 cm³/mol. The van der Waals surface area contributed by atoms with Crippen LogP contribution in [0.1, 0.15) is 41.5 Å². The van der Waals surface area contributed by atoms with Crippen LogP contribution in [-0.4, -0.2) is 40.0 Å². The topological polar surface area (TPSA) is 18.5 Å². The Morgan fingerprint density at radius 2 is 1.24 bits per heavy atom.